The molecule has 0 aliphatic carbocycles. The Balaban J connectivity index is 1.90. The molecule has 0 spiro atoms. The number of amides is 2. The van der Waals surface area contributed by atoms with Crippen molar-refractivity contribution in [2.24, 2.45) is 11.7 Å². The molecule has 2 heterocycles. The van der Waals surface area contributed by atoms with Gasteiger partial charge in [0.1, 0.15) is 5.82 Å². The summed E-state index contributed by atoms with van der Waals surface area (Å²) in [6.07, 6.45) is 5.98. The summed E-state index contributed by atoms with van der Waals surface area (Å²) in [6, 6.07) is 3.22. The minimum Gasteiger partial charge on any atom is -0.341 e. The zero-order valence-electron chi connectivity index (χ0n) is 14.3. The van der Waals surface area contributed by atoms with Gasteiger partial charge in [-0.3, -0.25) is 9.59 Å². The average molecular weight is 350 g/mol. The van der Waals surface area contributed by atoms with E-state index in [1.54, 1.807) is 28.9 Å². The van der Waals surface area contributed by atoms with Gasteiger partial charge < -0.3 is 16.0 Å². The van der Waals surface area contributed by atoms with E-state index in [-0.39, 0.29) is 17.7 Å². The molecule has 0 bridgehead atoms. The predicted octanol–water partition coefficient (Wildman–Crippen LogP) is 1.65. The van der Waals surface area contributed by atoms with E-state index in [0.29, 0.717) is 25.3 Å². The second kappa shape index (κ2) is 9.03. The van der Waals surface area contributed by atoms with E-state index in [1.165, 1.54) is 0 Å². The van der Waals surface area contributed by atoms with Crippen molar-refractivity contribution < 1.29 is 9.59 Å². The molecular formula is C17H26N4O2S. The van der Waals surface area contributed by atoms with Crippen LogP contribution in [0.3, 0.4) is 0 Å². The van der Waals surface area contributed by atoms with E-state index in [0.717, 1.165) is 24.2 Å². The Morgan fingerprint density at radius 1 is 1.50 bits per heavy atom. The van der Waals surface area contributed by atoms with Crippen molar-refractivity contribution in [3.8, 4) is 0 Å². The first-order valence-electron chi connectivity index (χ1n) is 8.28. The fourth-order valence-electron chi connectivity index (χ4n) is 2.76. The fourth-order valence-corrected chi connectivity index (χ4v) is 3.25. The number of aromatic nitrogens is 1. The van der Waals surface area contributed by atoms with Crippen LogP contribution in [0.25, 0.3) is 0 Å². The molecule has 0 saturated carbocycles. The molecule has 1 unspecified atom stereocenters. The highest BCUT2D eigenvalue weighted by molar-refractivity contribution is 7.98. The van der Waals surface area contributed by atoms with Gasteiger partial charge in [0.25, 0.3) is 0 Å². The number of rotatable bonds is 6. The molecule has 0 aromatic carbocycles. The molecule has 3 N–H and O–H groups in total. The number of pyridine rings is 1. The summed E-state index contributed by atoms with van der Waals surface area (Å²) < 4.78 is 0. The molecule has 2 rings (SSSR count). The number of hydrogen-bond donors (Lipinski definition) is 2. The van der Waals surface area contributed by atoms with E-state index in [2.05, 4.69) is 10.3 Å². The van der Waals surface area contributed by atoms with E-state index in [4.69, 9.17) is 5.73 Å². The van der Waals surface area contributed by atoms with Crippen LogP contribution in [0.4, 0.5) is 5.82 Å². The Morgan fingerprint density at radius 3 is 2.96 bits per heavy atom. The van der Waals surface area contributed by atoms with Gasteiger partial charge in [-0.25, -0.2) is 4.98 Å². The Labute approximate surface area is 147 Å². The summed E-state index contributed by atoms with van der Waals surface area (Å²) >= 11 is 1.68. The molecule has 24 heavy (non-hydrogen) atoms. The SMILES string of the molecule is CSCC[C@H](N)C(=O)N1CCCC(C(=O)Nc2ccc(C)cn2)C1. The molecule has 0 radical (unpaired) electrons. The van der Waals surface area contributed by atoms with Gasteiger partial charge in [-0.15, -0.1) is 0 Å². The number of nitrogens with zero attached hydrogens (tertiary/aromatic N) is 2. The van der Waals surface area contributed by atoms with Crippen molar-refractivity contribution in [2.45, 2.75) is 32.2 Å². The largest absolute Gasteiger partial charge is 0.341 e. The lowest BCUT2D eigenvalue weighted by Crippen LogP contribution is -2.50. The van der Waals surface area contributed by atoms with Crippen LogP contribution in [-0.4, -0.2) is 52.8 Å². The lowest BCUT2D eigenvalue weighted by Gasteiger charge is -2.33. The summed E-state index contributed by atoms with van der Waals surface area (Å²) in [5.41, 5.74) is 7.02. The molecule has 7 heteroatoms. The van der Waals surface area contributed by atoms with E-state index in [9.17, 15) is 9.59 Å². The van der Waals surface area contributed by atoms with Crippen LogP contribution < -0.4 is 11.1 Å². The van der Waals surface area contributed by atoms with E-state index in [1.807, 2.05) is 19.2 Å². The average Bonchev–Trinajstić information content (AvgIpc) is 2.61. The summed E-state index contributed by atoms with van der Waals surface area (Å²) in [5.74, 6) is 1.07. The number of aryl methyl sites for hydroxylation is 1. The Bertz CT molecular complexity index is 564. The van der Waals surface area contributed by atoms with Gasteiger partial charge in [0.2, 0.25) is 11.8 Å². The number of carbonyl (C=O) groups excluding carboxylic acids is 2. The number of nitrogens with one attached hydrogen (secondary N) is 1. The minimum atomic E-state index is -0.474. The number of anilines is 1. The third-order valence-electron chi connectivity index (χ3n) is 4.22. The number of hydrogen-bond acceptors (Lipinski definition) is 5. The predicted molar refractivity (Wildman–Crippen MR) is 97.9 cm³/mol. The van der Waals surface area contributed by atoms with Crippen molar-refractivity contribution >= 4 is 29.4 Å². The highest BCUT2D eigenvalue weighted by Crippen LogP contribution is 2.19. The van der Waals surface area contributed by atoms with Crippen LogP contribution in [-0.2, 0) is 9.59 Å². The molecule has 1 aliphatic heterocycles. The Morgan fingerprint density at radius 2 is 2.29 bits per heavy atom. The number of likely N-dealkylation sites (tertiary alicyclic amines) is 1. The van der Waals surface area contributed by atoms with Gasteiger partial charge in [0.05, 0.1) is 12.0 Å². The maximum absolute atomic E-state index is 12.4. The number of thioether (sulfide) groups is 1. The van der Waals surface area contributed by atoms with Crippen LogP contribution in [0.1, 0.15) is 24.8 Å². The molecular weight excluding hydrogens is 324 g/mol. The van der Waals surface area contributed by atoms with Crippen LogP contribution in [0.5, 0.6) is 0 Å². The molecule has 1 fully saturated rings. The lowest BCUT2D eigenvalue weighted by atomic mass is 9.96. The molecule has 6 nitrogen and oxygen atoms in total. The molecule has 1 aromatic rings. The summed E-state index contributed by atoms with van der Waals surface area (Å²) in [7, 11) is 0. The molecule has 1 aromatic heterocycles. The van der Waals surface area contributed by atoms with Crippen molar-refractivity contribution in [3.05, 3.63) is 23.9 Å². The van der Waals surface area contributed by atoms with Gasteiger partial charge in [-0.05, 0) is 49.8 Å². The Kier molecular flexibility index (Phi) is 7.05. The topological polar surface area (TPSA) is 88.3 Å². The van der Waals surface area contributed by atoms with Gasteiger partial charge in [0, 0.05) is 19.3 Å². The first kappa shape index (κ1) is 18.7. The van der Waals surface area contributed by atoms with Crippen LogP contribution in [0.2, 0.25) is 0 Å². The number of piperidine rings is 1. The molecule has 1 saturated heterocycles. The minimum absolute atomic E-state index is 0.0463. The number of carbonyl (C=O) groups is 2. The number of nitrogens with two attached hydrogens (primary N) is 1. The maximum Gasteiger partial charge on any atom is 0.239 e. The van der Waals surface area contributed by atoms with E-state index >= 15 is 0 Å². The standard InChI is InChI=1S/C17H26N4O2S/c1-12-5-6-15(19-10-12)20-16(22)13-4-3-8-21(11-13)17(23)14(18)7-9-24-2/h5-6,10,13-14H,3-4,7-9,11,18H2,1-2H3,(H,19,20,22)/t13?,14-/m0/s1. The monoisotopic (exact) mass is 350 g/mol. The quantitative estimate of drug-likeness (QED) is 0.814. The fraction of sp³-hybridized carbons (Fsp3) is 0.588. The molecule has 2 atom stereocenters. The molecule has 2 amide bonds. The summed E-state index contributed by atoms with van der Waals surface area (Å²) in [4.78, 5) is 30.8. The third-order valence-corrected chi connectivity index (χ3v) is 4.86. The van der Waals surface area contributed by atoms with Crippen molar-refractivity contribution in [1.82, 2.24) is 9.88 Å². The van der Waals surface area contributed by atoms with Crippen LogP contribution >= 0.6 is 11.8 Å². The summed E-state index contributed by atoms with van der Waals surface area (Å²) in [6.45, 7) is 3.06. The zero-order chi connectivity index (χ0) is 17.5. The van der Waals surface area contributed by atoms with Crippen LogP contribution in [0.15, 0.2) is 18.3 Å². The van der Waals surface area contributed by atoms with Crippen molar-refractivity contribution in [3.63, 3.8) is 0 Å². The highest BCUT2D eigenvalue weighted by Gasteiger charge is 2.30. The van der Waals surface area contributed by atoms with Crippen molar-refractivity contribution in [2.75, 3.05) is 30.4 Å². The van der Waals surface area contributed by atoms with E-state index < -0.39 is 6.04 Å². The van der Waals surface area contributed by atoms with Gasteiger partial charge in [-0.1, -0.05) is 6.07 Å². The molecule has 132 valence electrons. The summed E-state index contributed by atoms with van der Waals surface area (Å²) in [5, 5.41) is 2.84. The smallest absolute Gasteiger partial charge is 0.239 e. The van der Waals surface area contributed by atoms with Crippen LogP contribution in [0, 0.1) is 12.8 Å². The van der Waals surface area contributed by atoms with Gasteiger partial charge >= 0.3 is 0 Å². The first-order chi connectivity index (χ1) is 11.5. The highest BCUT2D eigenvalue weighted by atomic mass is 32.2. The maximum atomic E-state index is 12.4. The third kappa shape index (κ3) is 5.21. The van der Waals surface area contributed by atoms with Crippen molar-refractivity contribution in [1.29, 1.82) is 0 Å². The Hall–Kier alpha value is -1.60. The lowest BCUT2D eigenvalue weighted by molar-refractivity contribution is -0.135. The second-order valence-corrected chi connectivity index (χ2v) is 7.21. The first-order valence-corrected chi connectivity index (χ1v) is 9.67. The van der Waals surface area contributed by atoms with Gasteiger partial charge in [0.15, 0.2) is 0 Å². The normalized spacial score (nSPS) is 19.0. The second-order valence-electron chi connectivity index (χ2n) is 6.22. The zero-order valence-corrected chi connectivity index (χ0v) is 15.1. The van der Waals surface area contributed by atoms with Gasteiger partial charge in [-0.2, -0.15) is 11.8 Å². The molecule has 1 aliphatic rings.